The Morgan fingerprint density at radius 3 is 2.63 bits per heavy atom. The van der Waals surface area contributed by atoms with Crippen molar-refractivity contribution in [2.45, 2.75) is 50.3 Å². The number of hydrogen-bond donors (Lipinski definition) is 4. The molecule has 0 aliphatic heterocycles. The van der Waals surface area contributed by atoms with Gasteiger partial charge < -0.3 is 25.6 Å². The van der Waals surface area contributed by atoms with Gasteiger partial charge in [0.1, 0.15) is 0 Å². The topological polar surface area (TPSA) is 108 Å². The summed E-state index contributed by atoms with van der Waals surface area (Å²) in [7, 11) is 1.37. The summed E-state index contributed by atoms with van der Waals surface area (Å²) in [5.41, 5.74) is 0. The van der Waals surface area contributed by atoms with Crippen LogP contribution in [0.15, 0.2) is 0 Å². The lowest BCUT2D eigenvalue weighted by molar-refractivity contribution is -0.140. The lowest BCUT2D eigenvalue weighted by Gasteiger charge is -2.23. The molecule has 0 saturated heterocycles. The molecule has 1 aliphatic rings. The molecule has 3 unspecified atom stereocenters. The molecule has 0 radical (unpaired) electrons. The number of carboxylic acids is 1. The van der Waals surface area contributed by atoms with Crippen molar-refractivity contribution in [3.8, 4) is 0 Å². The number of carboxylic acid groups (broad SMARTS) is 1. The van der Waals surface area contributed by atoms with Crippen molar-refractivity contribution in [1.82, 2.24) is 10.6 Å². The third kappa shape index (κ3) is 5.44. The maximum atomic E-state index is 11.7. The van der Waals surface area contributed by atoms with Crippen molar-refractivity contribution >= 4 is 12.0 Å². The van der Waals surface area contributed by atoms with Gasteiger partial charge in [-0.25, -0.2) is 9.59 Å². The molecule has 0 heterocycles. The van der Waals surface area contributed by atoms with Gasteiger partial charge >= 0.3 is 12.0 Å². The number of aliphatic hydroxyl groups excluding tert-OH is 1. The minimum Gasteiger partial charge on any atom is -0.480 e. The van der Waals surface area contributed by atoms with Crippen LogP contribution in [-0.4, -0.2) is 54.1 Å². The van der Waals surface area contributed by atoms with Gasteiger partial charge in [0.2, 0.25) is 0 Å². The highest BCUT2D eigenvalue weighted by atomic mass is 16.5. The second-order valence-corrected chi connectivity index (χ2v) is 4.78. The molecule has 0 aromatic heterocycles. The molecule has 1 rings (SSSR count). The van der Waals surface area contributed by atoms with Gasteiger partial charge in [0, 0.05) is 7.11 Å². The highest BCUT2D eigenvalue weighted by Gasteiger charge is 2.25. The van der Waals surface area contributed by atoms with Gasteiger partial charge in [0.05, 0.1) is 18.8 Å². The Hall–Kier alpha value is -1.34. The molecule has 0 aromatic rings. The minimum atomic E-state index is -1.15. The molecular weight excluding hydrogens is 252 g/mol. The number of rotatable bonds is 5. The molecule has 0 aromatic carbocycles. The number of nitrogens with one attached hydrogen (secondary N) is 2. The van der Waals surface area contributed by atoms with E-state index >= 15 is 0 Å². The number of hydrogen-bond acceptors (Lipinski definition) is 4. The molecular formula is C12H22N2O5. The summed E-state index contributed by atoms with van der Waals surface area (Å²) in [6, 6.07) is -2.00. The maximum Gasteiger partial charge on any atom is 0.328 e. The van der Waals surface area contributed by atoms with Gasteiger partial charge in [-0.3, -0.25) is 0 Å². The van der Waals surface area contributed by atoms with E-state index in [1.165, 1.54) is 7.11 Å². The Bertz CT molecular complexity index is 310. The predicted octanol–water partition coefficient (Wildman–Crippen LogP) is 0.0788. The van der Waals surface area contributed by atoms with Crippen LogP contribution >= 0.6 is 0 Å². The van der Waals surface area contributed by atoms with Gasteiger partial charge in [-0.1, -0.05) is 19.3 Å². The van der Waals surface area contributed by atoms with Gasteiger partial charge in [-0.05, 0) is 12.8 Å². The number of aliphatic hydroxyl groups is 1. The summed E-state index contributed by atoms with van der Waals surface area (Å²) < 4.78 is 4.72. The second-order valence-electron chi connectivity index (χ2n) is 4.78. The molecule has 1 saturated carbocycles. The third-order valence-electron chi connectivity index (χ3n) is 3.23. The Balaban J connectivity index is 2.46. The van der Waals surface area contributed by atoms with Crippen molar-refractivity contribution in [3.63, 3.8) is 0 Å². The minimum absolute atomic E-state index is 0.101. The molecule has 7 nitrogen and oxygen atoms in total. The van der Waals surface area contributed by atoms with E-state index in [0.29, 0.717) is 12.8 Å². The molecule has 0 bridgehead atoms. The van der Waals surface area contributed by atoms with Crippen LogP contribution in [0.3, 0.4) is 0 Å². The van der Waals surface area contributed by atoms with Crippen molar-refractivity contribution in [2.75, 3.05) is 13.7 Å². The van der Waals surface area contributed by atoms with E-state index in [4.69, 9.17) is 9.84 Å². The van der Waals surface area contributed by atoms with Crippen LogP contribution < -0.4 is 10.6 Å². The van der Waals surface area contributed by atoms with E-state index < -0.39 is 24.1 Å². The summed E-state index contributed by atoms with van der Waals surface area (Å²) in [4.78, 5) is 22.6. The van der Waals surface area contributed by atoms with E-state index in [1.807, 2.05) is 0 Å². The standard InChI is InChI=1S/C12H22N2O5/c1-19-7-9(11(16)17)14-12(18)13-8-5-3-2-4-6-10(8)15/h8-10,15H,2-7H2,1H3,(H,16,17)(H2,13,14,18). The summed E-state index contributed by atoms with van der Waals surface area (Å²) in [6.07, 6.45) is 3.73. The molecule has 2 amide bonds. The van der Waals surface area contributed by atoms with Gasteiger partial charge in [0.15, 0.2) is 6.04 Å². The maximum absolute atomic E-state index is 11.7. The molecule has 4 N–H and O–H groups in total. The number of ether oxygens (including phenoxy) is 1. The van der Waals surface area contributed by atoms with E-state index in [1.54, 1.807) is 0 Å². The smallest absolute Gasteiger partial charge is 0.328 e. The van der Waals surface area contributed by atoms with Crippen molar-refractivity contribution in [2.24, 2.45) is 0 Å². The monoisotopic (exact) mass is 274 g/mol. The number of carbonyl (C=O) groups excluding carboxylic acids is 1. The SMILES string of the molecule is COCC(NC(=O)NC1CCCCCC1O)C(=O)O. The quantitative estimate of drug-likeness (QED) is 0.531. The van der Waals surface area contributed by atoms with E-state index in [2.05, 4.69) is 10.6 Å². The normalized spacial score (nSPS) is 25.2. The Labute approximate surface area is 112 Å². The highest BCUT2D eigenvalue weighted by molar-refractivity contribution is 5.82. The molecule has 3 atom stereocenters. The molecule has 7 heteroatoms. The van der Waals surface area contributed by atoms with E-state index in [-0.39, 0.29) is 12.6 Å². The van der Waals surface area contributed by atoms with Crippen molar-refractivity contribution < 1.29 is 24.5 Å². The fraction of sp³-hybridized carbons (Fsp3) is 0.833. The van der Waals surface area contributed by atoms with Crippen LogP contribution in [0, 0.1) is 0 Å². The van der Waals surface area contributed by atoms with E-state index in [9.17, 15) is 14.7 Å². The largest absolute Gasteiger partial charge is 0.480 e. The molecule has 1 aliphatic carbocycles. The fourth-order valence-electron chi connectivity index (χ4n) is 2.17. The summed E-state index contributed by atoms with van der Waals surface area (Å²) in [5.74, 6) is -1.15. The first-order chi connectivity index (χ1) is 9.04. The predicted molar refractivity (Wildman–Crippen MR) is 67.8 cm³/mol. The van der Waals surface area contributed by atoms with Crippen LogP contribution in [-0.2, 0) is 9.53 Å². The van der Waals surface area contributed by atoms with Crippen LogP contribution in [0.1, 0.15) is 32.1 Å². The first kappa shape index (κ1) is 15.7. The van der Waals surface area contributed by atoms with Gasteiger partial charge in [-0.15, -0.1) is 0 Å². The van der Waals surface area contributed by atoms with Gasteiger partial charge in [-0.2, -0.15) is 0 Å². The Morgan fingerprint density at radius 1 is 1.32 bits per heavy atom. The lowest BCUT2D eigenvalue weighted by Crippen LogP contribution is -2.53. The average Bonchev–Trinajstić information content (AvgIpc) is 2.54. The third-order valence-corrected chi connectivity index (χ3v) is 3.23. The first-order valence-electron chi connectivity index (χ1n) is 6.51. The zero-order valence-electron chi connectivity index (χ0n) is 11.1. The zero-order chi connectivity index (χ0) is 14.3. The molecule has 19 heavy (non-hydrogen) atoms. The zero-order valence-corrected chi connectivity index (χ0v) is 11.1. The number of amides is 2. The highest BCUT2D eigenvalue weighted by Crippen LogP contribution is 2.17. The van der Waals surface area contributed by atoms with E-state index in [0.717, 1.165) is 19.3 Å². The van der Waals surface area contributed by atoms with Crippen LogP contribution in [0.5, 0.6) is 0 Å². The Kier molecular flexibility index (Phi) is 6.58. The molecule has 110 valence electrons. The average molecular weight is 274 g/mol. The number of aliphatic carboxylic acids is 1. The first-order valence-corrected chi connectivity index (χ1v) is 6.51. The van der Waals surface area contributed by atoms with Crippen molar-refractivity contribution in [3.05, 3.63) is 0 Å². The lowest BCUT2D eigenvalue weighted by atomic mass is 10.1. The Morgan fingerprint density at radius 2 is 2.00 bits per heavy atom. The molecule has 1 fully saturated rings. The number of carbonyl (C=O) groups is 2. The number of urea groups is 1. The van der Waals surface area contributed by atoms with Crippen LogP contribution in [0.2, 0.25) is 0 Å². The summed E-state index contributed by atoms with van der Waals surface area (Å²) >= 11 is 0. The molecule has 0 spiro atoms. The summed E-state index contributed by atoms with van der Waals surface area (Å²) in [6.45, 7) is -0.101. The number of methoxy groups -OCH3 is 1. The van der Waals surface area contributed by atoms with Crippen molar-refractivity contribution in [1.29, 1.82) is 0 Å². The van der Waals surface area contributed by atoms with Crippen LogP contribution in [0.4, 0.5) is 4.79 Å². The van der Waals surface area contributed by atoms with Crippen LogP contribution in [0.25, 0.3) is 0 Å². The fourth-order valence-corrected chi connectivity index (χ4v) is 2.17. The van der Waals surface area contributed by atoms with Gasteiger partial charge in [0.25, 0.3) is 0 Å². The summed E-state index contributed by atoms with van der Waals surface area (Å²) in [5, 5.41) is 23.7. The second kappa shape index (κ2) is 7.96.